The van der Waals surface area contributed by atoms with Crippen LogP contribution in [0.1, 0.15) is 74.8 Å². The molecule has 0 aliphatic rings. The predicted octanol–water partition coefficient (Wildman–Crippen LogP) is 5.45. The minimum atomic E-state index is -0.135. The van der Waals surface area contributed by atoms with Gasteiger partial charge in [-0.25, -0.2) is 0 Å². The van der Waals surface area contributed by atoms with E-state index in [2.05, 4.69) is 29.6 Å². The maximum atomic E-state index is 13.0. The second-order valence-electron chi connectivity index (χ2n) is 7.84. The molecule has 0 aliphatic carbocycles. The summed E-state index contributed by atoms with van der Waals surface area (Å²) in [6.45, 7) is 2.92. The summed E-state index contributed by atoms with van der Waals surface area (Å²) in [5.74, 6) is 0.204. The van der Waals surface area contributed by atoms with Crippen LogP contribution in [0.25, 0.3) is 0 Å². The molecule has 0 saturated heterocycles. The third-order valence-electron chi connectivity index (χ3n) is 5.42. The monoisotopic (exact) mass is 394 g/mol. The first-order valence-electron chi connectivity index (χ1n) is 11.4. The molecule has 3 nitrogen and oxygen atoms in total. The highest BCUT2D eigenvalue weighted by molar-refractivity contribution is 5.89. The molecule has 3 heteroatoms. The van der Waals surface area contributed by atoms with Crippen molar-refractivity contribution in [2.24, 2.45) is 5.73 Å². The fourth-order valence-corrected chi connectivity index (χ4v) is 3.78. The molecule has 0 unspecified atom stereocenters. The molecule has 2 aromatic carbocycles. The fraction of sp³-hybridized carbons (Fsp3) is 0.500. The van der Waals surface area contributed by atoms with Crippen LogP contribution in [0.4, 0.5) is 0 Å². The van der Waals surface area contributed by atoms with Crippen molar-refractivity contribution in [2.45, 2.75) is 63.7 Å². The summed E-state index contributed by atoms with van der Waals surface area (Å²) in [5.41, 5.74) is 7.68. The molecule has 0 atom stereocenters. The predicted molar refractivity (Wildman–Crippen MR) is 123 cm³/mol. The van der Waals surface area contributed by atoms with Crippen LogP contribution in [-0.2, 0) is 4.79 Å². The van der Waals surface area contributed by atoms with Crippen LogP contribution in [0.15, 0.2) is 60.7 Å². The molecule has 2 rings (SSSR count). The summed E-state index contributed by atoms with van der Waals surface area (Å²) in [4.78, 5) is 13.0. The molecule has 0 aliphatic heterocycles. The molecule has 0 bridgehead atoms. The average Bonchev–Trinajstić information content (AvgIpc) is 2.76. The zero-order valence-corrected chi connectivity index (χ0v) is 17.8. The first kappa shape index (κ1) is 23.3. The van der Waals surface area contributed by atoms with Gasteiger partial charge in [-0.05, 0) is 50.0 Å². The number of unbranched alkanes of at least 4 members (excludes halogenated alkanes) is 6. The van der Waals surface area contributed by atoms with Crippen molar-refractivity contribution in [1.82, 2.24) is 5.32 Å². The fourth-order valence-electron chi connectivity index (χ4n) is 3.78. The summed E-state index contributed by atoms with van der Waals surface area (Å²) >= 11 is 0. The van der Waals surface area contributed by atoms with E-state index in [0.717, 1.165) is 50.0 Å². The number of rotatable bonds is 16. The standard InChI is InChI=1S/C26H38N2O/c27-20-14-22-28-21-13-5-3-1-2-4-12-19-25(29)26(23-15-8-6-9-16-23)24-17-10-7-11-18-24/h6-11,15-18,26,28H,1-5,12-14,19-22,27H2. The Morgan fingerprint density at radius 3 is 1.72 bits per heavy atom. The number of hydrogen-bond donors (Lipinski definition) is 2. The van der Waals surface area contributed by atoms with E-state index in [1.54, 1.807) is 0 Å². The van der Waals surface area contributed by atoms with E-state index in [4.69, 9.17) is 5.73 Å². The summed E-state index contributed by atoms with van der Waals surface area (Å²) in [7, 11) is 0. The van der Waals surface area contributed by atoms with Crippen molar-refractivity contribution < 1.29 is 4.79 Å². The van der Waals surface area contributed by atoms with Gasteiger partial charge in [0.25, 0.3) is 0 Å². The van der Waals surface area contributed by atoms with Crippen molar-refractivity contribution >= 4 is 5.78 Å². The van der Waals surface area contributed by atoms with Gasteiger partial charge >= 0.3 is 0 Å². The maximum absolute atomic E-state index is 13.0. The van der Waals surface area contributed by atoms with Crippen LogP contribution in [0, 0.1) is 0 Å². The van der Waals surface area contributed by atoms with E-state index in [-0.39, 0.29) is 5.92 Å². The Balaban J connectivity index is 1.64. The number of Topliss-reactive ketones (excluding diaryl/α,β-unsaturated/α-hetero) is 1. The zero-order valence-electron chi connectivity index (χ0n) is 17.8. The van der Waals surface area contributed by atoms with Crippen molar-refractivity contribution in [1.29, 1.82) is 0 Å². The Labute approximate surface area is 177 Å². The molecule has 0 fully saturated rings. The normalized spacial score (nSPS) is 11.1. The van der Waals surface area contributed by atoms with E-state index in [9.17, 15) is 4.79 Å². The van der Waals surface area contributed by atoms with Crippen molar-refractivity contribution in [3.05, 3.63) is 71.8 Å². The number of carbonyl (C=O) groups excluding carboxylic acids is 1. The van der Waals surface area contributed by atoms with Crippen LogP contribution < -0.4 is 11.1 Å². The van der Waals surface area contributed by atoms with Crippen molar-refractivity contribution in [3.63, 3.8) is 0 Å². The number of benzene rings is 2. The molecule has 29 heavy (non-hydrogen) atoms. The lowest BCUT2D eigenvalue weighted by atomic mass is 9.85. The van der Waals surface area contributed by atoms with Crippen LogP contribution in [0.3, 0.4) is 0 Å². The Kier molecular flexibility index (Phi) is 12.0. The van der Waals surface area contributed by atoms with Gasteiger partial charge in [-0.2, -0.15) is 0 Å². The van der Waals surface area contributed by atoms with E-state index in [1.807, 2.05) is 36.4 Å². The van der Waals surface area contributed by atoms with Crippen LogP contribution in [-0.4, -0.2) is 25.4 Å². The first-order valence-corrected chi connectivity index (χ1v) is 11.4. The lowest BCUT2D eigenvalue weighted by Crippen LogP contribution is -2.19. The Morgan fingerprint density at radius 1 is 0.690 bits per heavy atom. The molecular weight excluding hydrogens is 356 g/mol. The number of hydrogen-bond acceptors (Lipinski definition) is 3. The van der Waals surface area contributed by atoms with Gasteiger partial charge in [-0.3, -0.25) is 4.79 Å². The van der Waals surface area contributed by atoms with Crippen LogP contribution >= 0.6 is 0 Å². The Bertz CT molecular complexity index is 617. The number of nitrogens with one attached hydrogen (secondary N) is 1. The Morgan fingerprint density at radius 2 is 1.17 bits per heavy atom. The summed E-state index contributed by atoms with van der Waals surface area (Å²) in [6, 6.07) is 20.4. The van der Waals surface area contributed by atoms with E-state index < -0.39 is 0 Å². The molecule has 0 heterocycles. The second-order valence-corrected chi connectivity index (χ2v) is 7.84. The molecule has 0 radical (unpaired) electrons. The van der Waals surface area contributed by atoms with Gasteiger partial charge in [0.2, 0.25) is 0 Å². The van der Waals surface area contributed by atoms with Gasteiger partial charge in [0.1, 0.15) is 5.78 Å². The highest BCUT2D eigenvalue weighted by atomic mass is 16.1. The molecule has 0 saturated carbocycles. The Hall–Kier alpha value is -1.97. The SMILES string of the molecule is NCCCNCCCCCCCCCC(=O)C(c1ccccc1)c1ccccc1. The van der Waals surface area contributed by atoms with Crippen LogP contribution in [0.5, 0.6) is 0 Å². The highest BCUT2D eigenvalue weighted by Gasteiger charge is 2.21. The van der Waals surface area contributed by atoms with Crippen molar-refractivity contribution in [3.8, 4) is 0 Å². The van der Waals surface area contributed by atoms with E-state index in [0.29, 0.717) is 12.2 Å². The van der Waals surface area contributed by atoms with Gasteiger partial charge in [-0.1, -0.05) is 92.8 Å². The molecule has 158 valence electrons. The minimum absolute atomic E-state index is 0.135. The molecule has 2 aromatic rings. The van der Waals surface area contributed by atoms with Gasteiger partial charge in [0, 0.05) is 6.42 Å². The van der Waals surface area contributed by atoms with Gasteiger partial charge in [-0.15, -0.1) is 0 Å². The first-order chi connectivity index (χ1) is 14.3. The topological polar surface area (TPSA) is 55.1 Å². The number of carbonyl (C=O) groups is 1. The third-order valence-corrected chi connectivity index (χ3v) is 5.42. The minimum Gasteiger partial charge on any atom is -0.330 e. The molecule has 0 spiro atoms. The van der Waals surface area contributed by atoms with Gasteiger partial charge in [0.15, 0.2) is 0 Å². The highest BCUT2D eigenvalue weighted by Crippen LogP contribution is 2.27. The van der Waals surface area contributed by atoms with Crippen LogP contribution in [0.2, 0.25) is 0 Å². The smallest absolute Gasteiger partial charge is 0.144 e. The summed E-state index contributed by atoms with van der Waals surface area (Å²) in [6.07, 6.45) is 10.2. The third kappa shape index (κ3) is 9.38. The molecule has 3 N–H and O–H groups in total. The average molecular weight is 395 g/mol. The number of ketones is 1. The molecule has 0 amide bonds. The summed E-state index contributed by atoms with van der Waals surface area (Å²) < 4.78 is 0. The quantitative estimate of drug-likeness (QED) is 0.372. The van der Waals surface area contributed by atoms with E-state index in [1.165, 1.54) is 32.1 Å². The van der Waals surface area contributed by atoms with Crippen molar-refractivity contribution in [2.75, 3.05) is 19.6 Å². The second kappa shape index (κ2) is 14.9. The molecular formula is C26H38N2O. The van der Waals surface area contributed by atoms with Gasteiger partial charge in [0.05, 0.1) is 5.92 Å². The lowest BCUT2D eigenvalue weighted by molar-refractivity contribution is -0.119. The van der Waals surface area contributed by atoms with Gasteiger partial charge < -0.3 is 11.1 Å². The summed E-state index contributed by atoms with van der Waals surface area (Å²) in [5, 5.41) is 3.43. The zero-order chi connectivity index (χ0) is 20.6. The van der Waals surface area contributed by atoms with E-state index >= 15 is 0 Å². The largest absolute Gasteiger partial charge is 0.330 e. The molecule has 0 aromatic heterocycles. The maximum Gasteiger partial charge on any atom is 0.144 e. The number of nitrogens with two attached hydrogens (primary N) is 1. The lowest BCUT2D eigenvalue weighted by Gasteiger charge is -2.17.